The highest BCUT2D eigenvalue weighted by molar-refractivity contribution is 7.80. The molecule has 1 amide bonds. The number of carbonyl (C=O) groups excluding carboxylic acids is 1. The Balaban J connectivity index is 2.46. The number of hydrogen-bond acceptors (Lipinski definition) is 2. The number of rotatable bonds is 4. The molecule has 1 saturated carbocycles. The van der Waals surface area contributed by atoms with Crippen LogP contribution in [0.5, 0.6) is 0 Å². The van der Waals surface area contributed by atoms with E-state index in [9.17, 15) is 13.6 Å². The lowest BCUT2D eigenvalue weighted by Gasteiger charge is -2.28. The predicted molar refractivity (Wildman–Crippen MR) is 65.9 cm³/mol. The number of carbonyl (C=O) groups is 1. The zero-order valence-corrected chi connectivity index (χ0v) is 10.7. The molecule has 3 N–H and O–H groups in total. The lowest BCUT2D eigenvalue weighted by atomic mass is 9.86. The lowest BCUT2D eigenvalue weighted by Crippen LogP contribution is -2.46. The van der Waals surface area contributed by atoms with Crippen molar-refractivity contribution in [1.29, 1.82) is 0 Å². The van der Waals surface area contributed by atoms with E-state index < -0.39 is 5.92 Å². The van der Waals surface area contributed by atoms with Gasteiger partial charge in [0.1, 0.15) is 0 Å². The third-order valence-corrected chi connectivity index (χ3v) is 3.44. The SMILES string of the molecule is CCC(NC(=O)C1CCC(F)(F)CC1)C(N)=S. The van der Waals surface area contributed by atoms with Gasteiger partial charge < -0.3 is 11.1 Å². The van der Waals surface area contributed by atoms with Gasteiger partial charge >= 0.3 is 0 Å². The zero-order valence-electron chi connectivity index (χ0n) is 9.84. The van der Waals surface area contributed by atoms with Gasteiger partial charge in [0.05, 0.1) is 11.0 Å². The van der Waals surface area contributed by atoms with E-state index in [1.807, 2.05) is 6.92 Å². The van der Waals surface area contributed by atoms with Crippen LogP contribution < -0.4 is 11.1 Å². The van der Waals surface area contributed by atoms with Crippen LogP contribution in [0.4, 0.5) is 8.78 Å². The van der Waals surface area contributed by atoms with Crippen molar-refractivity contribution >= 4 is 23.1 Å². The van der Waals surface area contributed by atoms with Gasteiger partial charge in [0.15, 0.2) is 0 Å². The first-order valence-corrected chi connectivity index (χ1v) is 6.24. The molecule has 0 spiro atoms. The first-order chi connectivity index (χ1) is 7.85. The van der Waals surface area contributed by atoms with E-state index in [2.05, 4.69) is 5.32 Å². The summed E-state index contributed by atoms with van der Waals surface area (Å²) in [5, 5.41) is 2.71. The molecule has 98 valence electrons. The van der Waals surface area contributed by atoms with Crippen molar-refractivity contribution < 1.29 is 13.6 Å². The van der Waals surface area contributed by atoms with Crippen molar-refractivity contribution in [2.45, 2.75) is 51.0 Å². The molecule has 0 aliphatic heterocycles. The van der Waals surface area contributed by atoms with Gasteiger partial charge in [-0.05, 0) is 19.3 Å². The summed E-state index contributed by atoms with van der Waals surface area (Å²) in [4.78, 5) is 12.0. The van der Waals surface area contributed by atoms with Crippen molar-refractivity contribution in [3.05, 3.63) is 0 Å². The van der Waals surface area contributed by atoms with E-state index >= 15 is 0 Å². The molecule has 0 aromatic rings. The maximum absolute atomic E-state index is 12.9. The molecule has 0 bridgehead atoms. The average Bonchev–Trinajstić information content (AvgIpc) is 2.25. The Morgan fingerprint density at radius 1 is 1.53 bits per heavy atom. The molecule has 6 heteroatoms. The van der Waals surface area contributed by atoms with Gasteiger partial charge in [0.25, 0.3) is 0 Å². The summed E-state index contributed by atoms with van der Waals surface area (Å²) < 4.78 is 25.9. The van der Waals surface area contributed by atoms with Crippen molar-refractivity contribution in [3.8, 4) is 0 Å². The Bertz CT molecular complexity index is 300. The van der Waals surface area contributed by atoms with Gasteiger partial charge in [0.2, 0.25) is 11.8 Å². The summed E-state index contributed by atoms with van der Waals surface area (Å²) >= 11 is 4.82. The topological polar surface area (TPSA) is 55.1 Å². The van der Waals surface area contributed by atoms with Crippen LogP contribution in [0.2, 0.25) is 0 Å². The molecule has 0 saturated heterocycles. The summed E-state index contributed by atoms with van der Waals surface area (Å²) in [7, 11) is 0. The van der Waals surface area contributed by atoms with Crippen LogP contribution in [-0.4, -0.2) is 22.9 Å². The molecule has 0 heterocycles. The first kappa shape index (κ1) is 14.3. The quantitative estimate of drug-likeness (QED) is 0.764. The summed E-state index contributed by atoms with van der Waals surface area (Å²) in [6.45, 7) is 1.86. The molecular formula is C11H18F2N2OS. The highest BCUT2D eigenvalue weighted by atomic mass is 32.1. The van der Waals surface area contributed by atoms with E-state index in [1.165, 1.54) is 0 Å². The van der Waals surface area contributed by atoms with E-state index in [4.69, 9.17) is 18.0 Å². The molecule has 1 rings (SSSR count). The summed E-state index contributed by atoms with van der Waals surface area (Å²) in [6.07, 6.45) is 0.646. The minimum atomic E-state index is -2.61. The molecule has 0 aromatic heterocycles. The largest absolute Gasteiger partial charge is 0.392 e. The maximum Gasteiger partial charge on any atom is 0.248 e. The van der Waals surface area contributed by atoms with Crippen LogP contribution in [0.3, 0.4) is 0 Å². The monoisotopic (exact) mass is 264 g/mol. The highest BCUT2D eigenvalue weighted by Gasteiger charge is 2.37. The van der Waals surface area contributed by atoms with E-state index in [0.29, 0.717) is 6.42 Å². The minimum absolute atomic E-state index is 0.208. The Hall–Kier alpha value is -0.780. The fraction of sp³-hybridized carbons (Fsp3) is 0.818. The third-order valence-electron chi connectivity index (χ3n) is 3.16. The van der Waals surface area contributed by atoms with E-state index in [1.54, 1.807) is 0 Å². The zero-order chi connectivity index (χ0) is 13.1. The van der Waals surface area contributed by atoms with Crippen molar-refractivity contribution in [3.63, 3.8) is 0 Å². The smallest absolute Gasteiger partial charge is 0.248 e. The van der Waals surface area contributed by atoms with Gasteiger partial charge in [-0.3, -0.25) is 4.79 Å². The molecule has 1 unspecified atom stereocenters. The van der Waals surface area contributed by atoms with Crippen LogP contribution >= 0.6 is 12.2 Å². The molecule has 3 nitrogen and oxygen atoms in total. The maximum atomic E-state index is 12.9. The normalized spacial score (nSPS) is 21.8. The molecule has 1 fully saturated rings. The fourth-order valence-corrected chi connectivity index (χ4v) is 2.19. The van der Waals surface area contributed by atoms with Crippen LogP contribution in [0.15, 0.2) is 0 Å². The molecule has 1 atom stereocenters. The number of nitrogens with two attached hydrogens (primary N) is 1. The predicted octanol–water partition coefficient (Wildman–Crippen LogP) is 1.99. The molecular weight excluding hydrogens is 246 g/mol. The number of halogens is 2. The van der Waals surface area contributed by atoms with Gasteiger partial charge in [-0.25, -0.2) is 8.78 Å². The van der Waals surface area contributed by atoms with Crippen molar-refractivity contribution in [2.75, 3.05) is 0 Å². The molecule has 1 aliphatic carbocycles. The van der Waals surface area contributed by atoms with Crippen LogP contribution in [0.25, 0.3) is 0 Å². The van der Waals surface area contributed by atoms with Gasteiger partial charge in [0, 0.05) is 18.8 Å². The lowest BCUT2D eigenvalue weighted by molar-refractivity contribution is -0.129. The number of thiocarbonyl (C=S) groups is 1. The molecule has 0 radical (unpaired) electrons. The van der Waals surface area contributed by atoms with Crippen LogP contribution in [-0.2, 0) is 4.79 Å². The van der Waals surface area contributed by atoms with Gasteiger partial charge in [-0.15, -0.1) is 0 Å². The standard InChI is InChI=1S/C11H18F2N2OS/c1-2-8(9(14)17)15-10(16)7-3-5-11(12,13)6-4-7/h7-8H,2-6H2,1H3,(H2,14,17)(H,15,16). The van der Waals surface area contributed by atoms with Crippen molar-refractivity contribution in [2.24, 2.45) is 11.7 Å². The first-order valence-electron chi connectivity index (χ1n) is 5.83. The summed E-state index contributed by atoms with van der Waals surface area (Å²) in [5.74, 6) is -3.15. The Morgan fingerprint density at radius 2 is 2.06 bits per heavy atom. The fourth-order valence-electron chi connectivity index (χ4n) is 1.97. The number of amides is 1. The molecule has 1 aliphatic rings. The second-order valence-corrected chi connectivity index (χ2v) is 4.97. The van der Waals surface area contributed by atoms with E-state index in [0.717, 1.165) is 0 Å². The number of alkyl halides is 2. The second-order valence-electron chi connectivity index (χ2n) is 4.50. The molecule has 0 aromatic carbocycles. The third kappa shape index (κ3) is 4.18. The van der Waals surface area contributed by atoms with Crippen molar-refractivity contribution in [1.82, 2.24) is 5.32 Å². The van der Waals surface area contributed by atoms with Crippen LogP contribution in [0, 0.1) is 5.92 Å². The number of nitrogens with one attached hydrogen (secondary N) is 1. The van der Waals surface area contributed by atoms with E-state index in [-0.39, 0.29) is 48.5 Å². The average molecular weight is 264 g/mol. The van der Waals surface area contributed by atoms with Crippen LogP contribution in [0.1, 0.15) is 39.0 Å². The van der Waals surface area contributed by atoms with Gasteiger partial charge in [-0.2, -0.15) is 0 Å². The summed E-state index contributed by atoms with van der Waals surface area (Å²) in [5.41, 5.74) is 5.46. The second kappa shape index (κ2) is 5.71. The Labute approximate surface area is 105 Å². The highest BCUT2D eigenvalue weighted by Crippen LogP contribution is 2.36. The van der Waals surface area contributed by atoms with Gasteiger partial charge in [-0.1, -0.05) is 19.1 Å². The Morgan fingerprint density at radius 3 is 2.47 bits per heavy atom. The molecule has 17 heavy (non-hydrogen) atoms. The Kier molecular flexibility index (Phi) is 4.80. The summed E-state index contributed by atoms with van der Waals surface area (Å²) in [6, 6.07) is -0.333. The minimum Gasteiger partial charge on any atom is -0.392 e. The number of hydrogen-bond donors (Lipinski definition) is 2.